The van der Waals surface area contributed by atoms with E-state index < -0.39 is 40.2 Å². The summed E-state index contributed by atoms with van der Waals surface area (Å²) in [6.45, 7) is 0. The zero-order valence-electron chi connectivity index (χ0n) is 13.4. The van der Waals surface area contributed by atoms with Gasteiger partial charge >= 0.3 is 0 Å². The molecule has 0 saturated heterocycles. The minimum absolute atomic E-state index is 0.107. The molecule has 0 radical (unpaired) electrons. The van der Waals surface area contributed by atoms with Crippen LogP contribution < -0.4 is 4.74 Å². The lowest BCUT2D eigenvalue weighted by Crippen LogP contribution is -2.11. The lowest BCUT2D eigenvalue weighted by molar-refractivity contribution is 0.102. The van der Waals surface area contributed by atoms with E-state index in [0.29, 0.717) is 11.8 Å². The van der Waals surface area contributed by atoms with E-state index in [1.807, 2.05) is 0 Å². The van der Waals surface area contributed by atoms with E-state index in [9.17, 15) is 22.4 Å². The van der Waals surface area contributed by atoms with Crippen LogP contribution in [0.5, 0.6) is 5.75 Å². The molecule has 0 unspecified atom stereocenters. The summed E-state index contributed by atoms with van der Waals surface area (Å²) < 4.78 is 60.9. The fourth-order valence-electron chi connectivity index (χ4n) is 2.45. The molecule has 1 heterocycles. The van der Waals surface area contributed by atoms with Crippen molar-refractivity contribution in [1.82, 2.24) is 4.98 Å². The molecule has 0 atom stereocenters. The van der Waals surface area contributed by atoms with E-state index in [1.54, 1.807) is 0 Å². The number of pyridine rings is 1. The molecule has 0 aliphatic heterocycles. The van der Waals surface area contributed by atoms with Crippen LogP contribution in [0.4, 0.5) is 17.6 Å². The number of rotatable bonds is 4. The van der Waals surface area contributed by atoms with Crippen molar-refractivity contribution in [3.05, 3.63) is 83.1 Å². The number of methoxy groups -OCH3 is 1. The minimum atomic E-state index is -1.23. The highest BCUT2D eigenvalue weighted by Gasteiger charge is 2.25. The first-order valence-corrected chi connectivity index (χ1v) is 7.40. The monoisotopic (exact) mass is 361 g/mol. The molecule has 0 saturated carbocycles. The molecule has 3 nitrogen and oxygen atoms in total. The molecule has 0 N–H and O–H groups in total. The summed E-state index contributed by atoms with van der Waals surface area (Å²) >= 11 is 0. The summed E-state index contributed by atoms with van der Waals surface area (Å²) in [6, 6.07) is 7.07. The number of hydrogen-bond acceptors (Lipinski definition) is 3. The predicted molar refractivity (Wildman–Crippen MR) is 85.9 cm³/mol. The maximum atomic E-state index is 14.9. The number of benzene rings is 2. The van der Waals surface area contributed by atoms with Crippen LogP contribution in [-0.4, -0.2) is 17.9 Å². The highest BCUT2D eigenvalue weighted by Crippen LogP contribution is 2.29. The molecule has 7 heteroatoms. The SMILES string of the molecule is COc1ccnc(-c2ccc(F)c(C(=O)c3ccc(F)cc3F)c2F)c1. The van der Waals surface area contributed by atoms with Crippen molar-refractivity contribution in [2.45, 2.75) is 0 Å². The van der Waals surface area contributed by atoms with Crippen molar-refractivity contribution in [1.29, 1.82) is 0 Å². The number of halogens is 4. The lowest BCUT2D eigenvalue weighted by atomic mass is 9.98. The van der Waals surface area contributed by atoms with E-state index in [2.05, 4.69) is 4.98 Å². The third-order valence-electron chi connectivity index (χ3n) is 3.74. The summed E-state index contributed by atoms with van der Waals surface area (Å²) in [5.74, 6) is -5.33. The van der Waals surface area contributed by atoms with E-state index in [0.717, 1.165) is 24.3 Å². The molecule has 0 spiro atoms. The van der Waals surface area contributed by atoms with Gasteiger partial charge in [0, 0.05) is 23.9 Å². The van der Waals surface area contributed by atoms with Crippen LogP contribution in [0.3, 0.4) is 0 Å². The van der Waals surface area contributed by atoms with Crippen LogP contribution in [0.15, 0.2) is 48.7 Å². The quantitative estimate of drug-likeness (QED) is 0.506. The van der Waals surface area contributed by atoms with Crippen LogP contribution in [-0.2, 0) is 0 Å². The van der Waals surface area contributed by atoms with Crippen LogP contribution >= 0.6 is 0 Å². The van der Waals surface area contributed by atoms with E-state index in [-0.39, 0.29) is 11.3 Å². The number of ether oxygens (including phenoxy) is 1. The van der Waals surface area contributed by atoms with Crippen molar-refractivity contribution < 1.29 is 27.1 Å². The number of hydrogen-bond donors (Lipinski definition) is 0. The van der Waals surface area contributed by atoms with E-state index >= 15 is 0 Å². The highest BCUT2D eigenvalue weighted by atomic mass is 19.1. The Labute approximate surface area is 145 Å². The Balaban J connectivity index is 2.14. The summed E-state index contributed by atoms with van der Waals surface area (Å²) in [5, 5.41) is 0. The normalized spacial score (nSPS) is 10.7. The molecular formula is C19H11F4NO2. The topological polar surface area (TPSA) is 39.2 Å². The molecule has 3 aromatic rings. The average molecular weight is 361 g/mol. The lowest BCUT2D eigenvalue weighted by Gasteiger charge is -2.10. The maximum Gasteiger partial charge on any atom is 0.201 e. The molecule has 3 rings (SSSR count). The summed E-state index contributed by atoms with van der Waals surface area (Å²) in [5.41, 5.74) is -1.63. The largest absolute Gasteiger partial charge is 0.497 e. The Hall–Kier alpha value is -3.22. The first-order chi connectivity index (χ1) is 12.4. The third kappa shape index (κ3) is 3.15. The van der Waals surface area contributed by atoms with Crippen molar-refractivity contribution in [2.24, 2.45) is 0 Å². The average Bonchev–Trinajstić information content (AvgIpc) is 2.61. The van der Waals surface area contributed by atoms with Gasteiger partial charge in [0.2, 0.25) is 5.78 Å². The Morgan fingerprint density at radius 3 is 2.42 bits per heavy atom. The first-order valence-electron chi connectivity index (χ1n) is 7.40. The second kappa shape index (κ2) is 6.95. The molecule has 0 aliphatic rings. The molecule has 1 aromatic heterocycles. The van der Waals surface area contributed by atoms with Gasteiger partial charge in [0.15, 0.2) is 0 Å². The van der Waals surface area contributed by atoms with Gasteiger partial charge in [0.1, 0.15) is 29.0 Å². The van der Waals surface area contributed by atoms with Crippen molar-refractivity contribution in [3.63, 3.8) is 0 Å². The van der Waals surface area contributed by atoms with E-state index in [1.165, 1.54) is 25.4 Å². The number of nitrogens with zero attached hydrogens (tertiary/aromatic N) is 1. The standard InChI is InChI=1S/C19H11F4NO2/c1-26-11-6-7-24-16(9-11)13-4-5-14(21)17(18(13)23)19(25)12-3-2-10(20)8-15(12)22/h2-9H,1H3. The Bertz CT molecular complexity index is 1000. The number of carbonyl (C=O) groups excluding carboxylic acids is 1. The summed E-state index contributed by atoms with van der Waals surface area (Å²) in [4.78, 5) is 16.4. The number of aromatic nitrogens is 1. The minimum Gasteiger partial charge on any atom is -0.497 e. The zero-order chi connectivity index (χ0) is 18.8. The molecule has 0 amide bonds. The van der Waals surface area contributed by atoms with Crippen LogP contribution in [0, 0.1) is 23.3 Å². The van der Waals surface area contributed by atoms with Gasteiger partial charge in [-0.15, -0.1) is 0 Å². The number of ketones is 1. The van der Waals surface area contributed by atoms with Gasteiger partial charge in [-0.2, -0.15) is 0 Å². The molecule has 0 fully saturated rings. The molecule has 0 aliphatic carbocycles. The van der Waals surface area contributed by atoms with Crippen molar-refractivity contribution in [2.75, 3.05) is 7.11 Å². The van der Waals surface area contributed by atoms with Crippen molar-refractivity contribution in [3.8, 4) is 17.0 Å². The summed E-state index contributed by atoms with van der Waals surface area (Å²) in [7, 11) is 1.41. The van der Waals surface area contributed by atoms with Crippen LogP contribution in [0.25, 0.3) is 11.3 Å². The van der Waals surface area contributed by atoms with Crippen LogP contribution in [0.2, 0.25) is 0 Å². The molecule has 26 heavy (non-hydrogen) atoms. The smallest absolute Gasteiger partial charge is 0.201 e. The second-order valence-corrected chi connectivity index (χ2v) is 5.32. The summed E-state index contributed by atoms with van der Waals surface area (Å²) in [6.07, 6.45) is 1.36. The van der Waals surface area contributed by atoms with Gasteiger partial charge in [0.05, 0.1) is 23.9 Å². The second-order valence-electron chi connectivity index (χ2n) is 5.32. The molecular weight excluding hydrogens is 350 g/mol. The van der Waals surface area contributed by atoms with Gasteiger partial charge in [-0.1, -0.05) is 0 Å². The molecule has 132 valence electrons. The van der Waals surface area contributed by atoms with Gasteiger partial charge in [0.25, 0.3) is 0 Å². The predicted octanol–water partition coefficient (Wildman–Crippen LogP) is 4.54. The Morgan fingerprint density at radius 2 is 1.73 bits per heavy atom. The molecule has 0 bridgehead atoms. The highest BCUT2D eigenvalue weighted by molar-refractivity contribution is 6.10. The van der Waals surface area contributed by atoms with E-state index in [4.69, 9.17) is 4.74 Å². The van der Waals surface area contributed by atoms with Gasteiger partial charge in [-0.05, 0) is 30.3 Å². The maximum absolute atomic E-state index is 14.9. The number of carbonyl (C=O) groups is 1. The molecule has 2 aromatic carbocycles. The first kappa shape index (κ1) is 17.6. The third-order valence-corrected chi connectivity index (χ3v) is 3.74. The fraction of sp³-hybridized carbons (Fsp3) is 0.0526. The Morgan fingerprint density at radius 1 is 0.962 bits per heavy atom. The van der Waals surface area contributed by atoms with Gasteiger partial charge < -0.3 is 4.74 Å². The van der Waals surface area contributed by atoms with Gasteiger partial charge in [-0.25, -0.2) is 17.6 Å². The zero-order valence-corrected chi connectivity index (χ0v) is 13.4. The fourth-order valence-corrected chi connectivity index (χ4v) is 2.45. The van der Waals surface area contributed by atoms with Crippen molar-refractivity contribution >= 4 is 5.78 Å². The van der Waals surface area contributed by atoms with Crippen LogP contribution in [0.1, 0.15) is 15.9 Å². The van der Waals surface area contributed by atoms with Gasteiger partial charge in [-0.3, -0.25) is 9.78 Å². The Kier molecular flexibility index (Phi) is 4.71.